The summed E-state index contributed by atoms with van der Waals surface area (Å²) in [5.41, 5.74) is 1.86. The fourth-order valence-corrected chi connectivity index (χ4v) is 1.97. The van der Waals surface area contributed by atoms with Crippen molar-refractivity contribution in [2.45, 2.75) is 26.8 Å². The summed E-state index contributed by atoms with van der Waals surface area (Å²) < 4.78 is 8.01. The number of carbonyl (C=O) groups excluding carboxylic acids is 2. The van der Waals surface area contributed by atoms with Gasteiger partial charge in [-0.05, 0) is 13.8 Å². The van der Waals surface area contributed by atoms with E-state index in [0.717, 1.165) is 11.3 Å². The first-order valence-corrected chi connectivity index (χ1v) is 6.58. The van der Waals surface area contributed by atoms with E-state index in [2.05, 4.69) is 15.4 Å². The molecule has 0 saturated carbocycles. The third kappa shape index (κ3) is 3.33. The Balaban J connectivity index is 2.24. The van der Waals surface area contributed by atoms with E-state index in [9.17, 15) is 9.59 Å². The first kappa shape index (κ1) is 14.9. The number of aryl methyl sites for hydroxylation is 1. The lowest BCUT2D eigenvalue weighted by Crippen LogP contribution is -2.14. The van der Waals surface area contributed by atoms with Crippen LogP contribution in [0, 0.1) is 6.92 Å². The predicted molar refractivity (Wildman–Crippen MR) is 72.6 cm³/mol. The molecule has 2 heterocycles. The number of hydrogen-bond acceptors (Lipinski definition) is 6. The molecule has 0 saturated heterocycles. The Morgan fingerprint density at radius 2 is 2.14 bits per heavy atom. The van der Waals surface area contributed by atoms with E-state index in [1.54, 1.807) is 35.7 Å². The van der Waals surface area contributed by atoms with Crippen LogP contribution in [0.4, 0.5) is 0 Å². The summed E-state index contributed by atoms with van der Waals surface area (Å²) in [6, 6.07) is 0. The molecule has 2 aromatic heterocycles. The minimum atomic E-state index is -0.544. The first-order chi connectivity index (χ1) is 10.0. The van der Waals surface area contributed by atoms with Crippen molar-refractivity contribution in [1.29, 1.82) is 0 Å². The second kappa shape index (κ2) is 6.29. The number of ether oxygens (including phenoxy) is 1. The molecule has 0 N–H and O–H groups in total. The van der Waals surface area contributed by atoms with Crippen LogP contribution in [0.1, 0.15) is 35.1 Å². The van der Waals surface area contributed by atoms with Crippen LogP contribution in [0.3, 0.4) is 0 Å². The van der Waals surface area contributed by atoms with E-state index in [1.165, 1.54) is 0 Å². The van der Waals surface area contributed by atoms with E-state index < -0.39 is 5.97 Å². The molecule has 0 bridgehead atoms. The minimum Gasteiger partial charge on any atom is -0.466 e. The van der Waals surface area contributed by atoms with E-state index in [1.807, 2.05) is 6.92 Å². The van der Waals surface area contributed by atoms with Gasteiger partial charge in [0, 0.05) is 24.5 Å². The lowest BCUT2D eigenvalue weighted by molar-refractivity contribution is -0.141. The van der Waals surface area contributed by atoms with Crippen LogP contribution in [0.25, 0.3) is 0 Å². The van der Waals surface area contributed by atoms with Crippen molar-refractivity contribution < 1.29 is 14.3 Å². The summed E-state index contributed by atoms with van der Waals surface area (Å²) in [5, 5.41) is 11.8. The molecule has 0 aliphatic rings. The van der Waals surface area contributed by atoms with Gasteiger partial charge in [0.05, 0.1) is 19.3 Å². The number of carbonyl (C=O) groups is 2. The average Bonchev–Trinajstić information content (AvgIpc) is 3.03. The maximum absolute atomic E-state index is 12.2. The predicted octanol–water partition coefficient (Wildman–Crippen LogP) is 0.504. The first-order valence-electron chi connectivity index (χ1n) is 6.58. The maximum Gasteiger partial charge on any atom is 0.313 e. The molecule has 2 aromatic rings. The molecule has 0 aromatic carbocycles. The summed E-state index contributed by atoms with van der Waals surface area (Å²) in [4.78, 5) is 23.7. The van der Waals surface area contributed by atoms with Crippen LogP contribution >= 0.6 is 0 Å². The standard InChI is InChI=1S/C13H17N5O3/c1-4-21-12(20)7-11(19)13-10(9(2)17(3)15-13)8-18-6-5-14-16-18/h5-6H,4,7-8H2,1-3H3. The summed E-state index contributed by atoms with van der Waals surface area (Å²) in [5.74, 6) is -0.898. The Bertz CT molecular complexity index is 645. The summed E-state index contributed by atoms with van der Waals surface area (Å²) in [7, 11) is 1.75. The van der Waals surface area contributed by atoms with Gasteiger partial charge in [-0.25, -0.2) is 4.68 Å². The molecule has 0 spiro atoms. The Hall–Kier alpha value is -2.51. The zero-order valence-corrected chi connectivity index (χ0v) is 12.2. The number of hydrogen-bond donors (Lipinski definition) is 0. The van der Waals surface area contributed by atoms with Crippen LogP contribution < -0.4 is 0 Å². The monoisotopic (exact) mass is 291 g/mol. The SMILES string of the molecule is CCOC(=O)CC(=O)c1nn(C)c(C)c1Cn1ccnn1. The molecule has 8 heteroatoms. The highest BCUT2D eigenvalue weighted by Crippen LogP contribution is 2.16. The molecule has 21 heavy (non-hydrogen) atoms. The van der Waals surface area contributed by atoms with Crippen molar-refractivity contribution >= 4 is 11.8 Å². The number of Topliss-reactive ketones (excluding diaryl/α,β-unsaturated/α-hetero) is 1. The van der Waals surface area contributed by atoms with Gasteiger partial charge in [0.1, 0.15) is 12.1 Å². The third-order valence-electron chi connectivity index (χ3n) is 3.12. The molecule has 0 radical (unpaired) electrons. The molecular formula is C13H17N5O3. The molecule has 2 rings (SSSR count). The molecule has 0 unspecified atom stereocenters. The average molecular weight is 291 g/mol. The Labute approximate surface area is 121 Å². The number of nitrogens with zero attached hydrogens (tertiary/aromatic N) is 5. The number of ketones is 1. The molecule has 0 aliphatic carbocycles. The van der Waals surface area contributed by atoms with Crippen molar-refractivity contribution in [3.05, 3.63) is 29.3 Å². The smallest absolute Gasteiger partial charge is 0.313 e. The number of aromatic nitrogens is 5. The minimum absolute atomic E-state index is 0.249. The lowest BCUT2D eigenvalue weighted by Gasteiger charge is -2.04. The van der Waals surface area contributed by atoms with Crippen LogP contribution in [0.2, 0.25) is 0 Å². The van der Waals surface area contributed by atoms with Crippen LogP contribution in [-0.2, 0) is 23.1 Å². The fraction of sp³-hybridized carbons (Fsp3) is 0.462. The molecule has 0 aliphatic heterocycles. The molecule has 112 valence electrons. The van der Waals surface area contributed by atoms with Gasteiger partial charge >= 0.3 is 5.97 Å². The highest BCUT2D eigenvalue weighted by molar-refractivity contribution is 6.05. The number of esters is 1. The molecule has 0 atom stereocenters. The second-order valence-electron chi connectivity index (χ2n) is 4.54. The van der Waals surface area contributed by atoms with Gasteiger partial charge in [0.15, 0.2) is 5.78 Å². The van der Waals surface area contributed by atoms with Crippen molar-refractivity contribution in [2.24, 2.45) is 7.05 Å². The fourth-order valence-electron chi connectivity index (χ4n) is 1.97. The van der Waals surface area contributed by atoms with Crippen molar-refractivity contribution in [1.82, 2.24) is 24.8 Å². The maximum atomic E-state index is 12.2. The normalized spacial score (nSPS) is 10.6. The van der Waals surface area contributed by atoms with Gasteiger partial charge in [-0.1, -0.05) is 5.21 Å². The molecule has 0 amide bonds. The largest absolute Gasteiger partial charge is 0.466 e. The second-order valence-corrected chi connectivity index (χ2v) is 4.54. The molecular weight excluding hydrogens is 274 g/mol. The molecule has 0 fully saturated rings. The highest BCUT2D eigenvalue weighted by atomic mass is 16.5. The van der Waals surface area contributed by atoms with Gasteiger partial charge < -0.3 is 4.74 Å². The van der Waals surface area contributed by atoms with E-state index in [-0.39, 0.29) is 24.5 Å². The van der Waals surface area contributed by atoms with E-state index in [4.69, 9.17) is 4.74 Å². The van der Waals surface area contributed by atoms with Crippen LogP contribution in [0.15, 0.2) is 12.4 Å². The Morgan fingerprint density at radius 3 is 2.76 bits per heavy atom. The summed E-state index contributed by atoms with van der Waals surface area (Å²) in [6.07, 6.45) is 2.95. The van der Waals surface area contributed by atoms with Gasteiger partial charge in [-0.2, -0.15) is 5.10 Å². The van der Waals surface area contributed by atoms with E-state index >= 15 is 0 Å². The zero-order valence-electron chi connectivity index (χ0n) is 12.2. The molecule has 8 nitrogen and oxygen atoms in total. The third-order valence-corrected chi connectivity index (χ3v) is 3.12. The summed E-state index contributed by atoms with van der Waals surface area (Å²) >= 11 is 0. The van der Waals surface area contributed by atoms with Gasteiger partial charge in [-0.3, -0.25) is 14.3 Å². The Morgan fingerprint density at radius 1 is 1.38 bits per heavy atom. The van der Waals surface area contributed by atoms with Crippen molar-refractivity contribution in [2.75, 3.05) is 6.61 Å². The van der Waals surface area contributed by atoms with Gasteiger partial charge in [0.25, 0.3) is 0 Å². The van der Waals surface area contributed by atoms with E-state index in [0.29, 0.717) is 6.54 Å². The summed E-state index contributed by atoms with van der Waals surface area (Å²) in [6.45, 7) is 4.19. The van der Waals surface area contributed by atoms with Crippen LogP contribution in [-0.4, -0.2) is 43.1 Å². The lowest BCUT2D eigenvalue weighted by atomic mass is 10.1. The zero-order chi connectivity index (χ0) is 15.4. The topological polar surface area (TPSA) is 91.9 Å². The van der Waals surface area contributed by atoms with Crippen molar-refractivity contribution in [3.8, 4) is 0 Å². The van der Waals surface area contributed by atoms with Gasteiger partial charge in [0.2, 0.25) is 0 Å². The number of rotatable bonds is 6. The van der Waals surface area contributed by atoms with Crippen molar-refractivity contribution in [3.63, 3.8) is 0 Å². The van der Waals surface area contributed by atoms with Crippen LogP contribution in [0.5, 0.6) is 0 Å². The Kier molecular flexibility index (Phi) is 4.46. The quantitative estimate of drug-likeness (QED) is 0.437. The van der Waals surface area contributed by atoms with Gasteiger partial charge in [-0.15, -0.1) is 5.10 Å². The highest BCUT2D eigenvalue weighted by Gasteiger charge is 2.22.